The fraction of sp³-hybridized carbons (Fsp3) is 0.450. The van der Waals surface area contributed by atoms with E-state index in [4.69, 9.17) is 0 Å². The number of rotatable bonds is 4. The predicted molar refractivity (Wildman–Crippen MR) is 99.0 cm³/mol. The number of benzene rings is 1. The molecule has 2 saturated heterocycles. The molecule has 1 aromatic carbocycles. The van der Waals surface area contributed by atoms with Crippen molar-refractivity contribution in [2.45, 2.75) is 25.3 Å². The first-order chi connectivity index (χ1) is 12.5. The smallest absolute Gasteiger partial charge is 0.246 e. The van der Waals surface area contributed by atoms with E-state index in [0.29, 0.717) is 38.9 Å². The minimum Gasteiger partial charge on any atom is -0.344 e. The largest absolute Gasteiger partial charge is 0.344 e. The molecule has 0 aliphatic carbocycles. The molecular formula is C20H25N3O3. The molecule has 0 radical (unpaired) electrons. The van der Waals surface area contributed by atoms with Gasteiger partial charge in [-0.25, -0.2) is 0 Å². The van der Waals surface area contributed by atoms with Crippen LogP contribution in [0, 0.1) is 5.92 Å². The van der Waals surface area contributed by atoms with Crippen molar-refractivity contribution in [3.05, 3.63) is 42.0 Å². The molecule has 0 spiro atoms. The van der Waals surface area contributed by atoms with E-state index in [1.165, 1.54) is 0 Å². The van der Waals surface area contributed by atoms with E-state index in [-0.39, 0.29) is 29.7 Å². The van der Waals surface area contributed by atoms with Crippen molar-refractivity contribution in [2.75, 3.05) is 26.7 Å². The van der Waals surface area contributed by atoms with Gasteiger partial charge in [0.25, 0.3) is 0 Å². The van der Waals surface area contributed by atoms with Gasteiger partial charge >= 0.3 is 0 Å². The van der Waals surface area contributed by atoms with Gasteiger partial charge in [0, 0.05) is 38.7 Å². The molecule has 26 heavy (non-hydrogen) atoms. The average Bonchev–Trinajstić information content (AvgIpc) is 2.99. The van der Waals surface area contributed by atoms with Crippen LogP contribution in [-0.4, -0.2) is 60.2 Å². The zero-order valence-electron chi connectivity index (χ0n) is 15.1. The van der Waals surface area contributed by atoms with Crippen LogP contribution in [0.5, 0.6) is 0 Å². The molecule has 1 aromatic rings. The Morgan fingerprint density at radius 2 is 1.77 bits per heavy atom. The topological polar surface area (TPSA) is 69.7 Å². The summed E-state index contributed by atoms with van der Waals surface area (Å²) in [5, 5.41) is 2.87. The fourth-order valence-electron chi connectivity index (χ4n) is 3.45. The molecule has 2 heterocycles. The molecule has 2 aliphatic heterocycles. The zero-order chi connectivity index (χ0) is 18.5. The first-order valence-electron chi connectivity index (χ1n) is 9.12. The lowest BCUT2D eigenvalue weighted by Gasteiger charge is -2.31. The monoisotopic (exact) mass is 355 g/mol. The number of hydrogen-bond donors (Lipinski definition) is 1. The maximum Gasteiger partial charge on any atom is 0.246 e. The van der Waals surface area contributed by atoms with Crippen molar-refractivity contribution < 1.29 is 14.4 Å². The van der Waals surface area contributed by atoms with Crippen LogP contribution in [0.1, 0.15) is 24.8 Å². The fourth-order valence-corrected chi connectivity index (χ4v) is 3.45. The van der Waals surface area contributed by atoms with Gasteiger partial charge in [0.05, 0.1) is 0 Å². The molecule has 1 N–H and O–H groups in total. The zero-order valence-corrected chi connectivity index (χ0v) is 15.1. The molecular weight excluding hydrogens is 330 g/mol. The number of likely N-dealkylation sites (N-methyl/N-ethyl adjacent to an activating group) is 1. The van der Waals surface area contributed by atoms with Crippen LogP contribution in [-0.2, 0) is 14.4 Å². The Labute approximate surface area is 153 Å². The van der Waals surface area contributed by atoms with Gasteiger partial charge < -0.3 is 15.1 Å². The summed E-state index contributed by atoms with van der Waals surface area (Å²) in [6.07, 6.45) is 5.33. The maximum atomic E-state index is 12.4. The van der Waals surface area contributed by atoms with E-state index in [1.54, 1.807) is 22.9 Å². The number of piperidine rings is 1. The second-order valence-electron chi connectivity index (χ2n) is 6.95. The summed E-state index contributed by atoms with van der Waals surface area (Å²) in [4.78, 5) is 40.0. The van der Waals surface area contributed by atoms with E-state index < -0.39 is 0 Å². The Kier molecular flexibility index (Phi) is 5.71. The van der Waals surface area contributed by atoms with E-state index in [0.717, 1.165) is 5.56 Å². The predicted octanol–water partition coefficient (Wildman–Crippen LogP) is 1.29. The molecule has 0 aromatic heterocycles. The highest BCUT2D eigenvalue weighted by Gasteiger charge is 2.33. The van der Waals surface area contributed by atoms with Crippen molar-refractivity contribution in [1.29, 1.82) is 0 Å². The normalized spacial score (nSPS) is 21.4. The minimum atomic E-state index is -0.388. The van der Waals surface area contributed by atoms with Gasteiger partial charge in [-0.3, -0.25) is 14.4 Å². The number of likely N-dealkylation sites (tertiary alicyclic amines) is 2. The standard InChI is InChI=1S/C20H25N3O3/c1-22-12-11-17(20(22)26)21-19(25)16-9-13-23(14-10-16)18(24)8-7-15-5-3-2-4-6-15/h2-8,16-17H,9-14H2,1H3,(H,21,25)/b8-7+. The molecule has 3 rings (SSSR count). The summed E-state index contributed by atoms with van der Waals surface area (Å²) >= 11 is 0. The lowest BCUT2D eigenvalue weighted by Crippen LogP contribution is -2.47. The molecule has 3 amide bonds. The number of hydrogen-bond acceptors (Lipinski definition) is 3. The lowest BCUT2D eigenvalue weighted by atomic mass is 9.95. The van der Waals surface area contributed by atoms with Crippen molar-refractivity contribution in [1.82, 2.24) is 15.1 Å². The van der Waals surface area contributed by atoms with Crippen LogP contribution in [0.4, 0.5) is 0 Å². The van der Waals surface area contributed by atoms with E-state index in [2.05, 4.69) is 5.32 Å². The summed E-state index contributed by atoms with van der Waals surface area (Å²) in [5.41, 5.74) is 0.987. The first kappa shape index (κ1) is 18.2. The Hall–Kier alpha value is -2.63. The molecule has 6 nitrogen and oxygen atoms in total. The molecule has 0 bridgehead atoms. The Morgan fingerprint density at radius 3 is 2.38 bits per heavy atom. The SMILES string of the molecule is CN1CCC(NC(=O)C2CCN(C(=O)/C=C/c3ccccc3)CC2)C1=O. The number of nitrogens with zero attached hydrogens (tertiary/aromatic N) is 2. The third kappa shape index (κ3) is 4.31. The number of carbonyl (C=O) groups excluding carboxylic acids is 3. The van der Waals surface area contributed by atoms with Crippen LogP contribution >= 0.6 is 0 Å². The summed E-state index contributed by atoms with van der Waals surface area (Å²) < 4.78 is 0. The van der Waals surface area contributed by atoms with Gasteiger partial charge in [-0.15, -0.1) is 0 Å². The van der Waals surface area contributed by atoms with Crippen molar-refractivity contribution >= 4 is 23.8 Å². The number of amides is 3. The highest BCUT2D eigenvalue weighted by Crippen LogP contribution is 2.19. The lowest BCUT2D eigenvalue weighted by molar-refractivity contribution is -0.135. The molecule has 6 heteroatoms. The van der Waals surface area contributed by atoms with Gasteiger partial charge in [-0.2, -0.15) is 0 Å². The maximum absolute atomic E-state index is 12.4. The summed E-state index contributed by atoms with van der Waals surface area (Å²) in [6.45, 7) is 1.81. The van der Waals surface area contributed by atoms with E-state index >= 15 is 0 Å². The van der Waals surface area contributed by atoms with Crippen LogP contribution in [0.2, 0.25) is 0 Å². The second kappa shape index (κ2) is 8.17. The molecule has 1 atom stereocenters. The second-order valence-corrected chi connectivity index (χ2v) is 6.95. The molecule has 1 unspecified atom stereocenters. The van der Waals surface area contributed by atoms with Gasteiger partial charge in [-0.05, 0) is 30.9 Å². The average molecular weight is 355 g/mol. The summed E-state index contributed by atoms with van der Waals surface area (Å²) in [7, 11) is 1.75. The van der Waals surface area contributed by atoms with Gasteiger partial charge in [-0.1, -0.05) is 30.3 Å². The molecule has 2 aliphatic rings. The van der Waals surface area contributed by atoms with Crippen molar-refractivity contribution in [3.8, 4) is 0 Å². The quantitative estimate of drug-likeness (QED) is 0.828. The summed E-state index contributed by atoms with van der Waals surface area (Å²) in [5.74, 6) is -0.237. The van der Waals surface area contributed by atoms with Crippen molar-refractivity contribution in [3.63, 3.8) is 0 Å². The van der Waals surface area contributed by atoms with Gasteiger partial charge in [0.2, 0.25) is 17.7 Å². The van der Waals surface area contributed by atoms with Crippen LogP contribution < -0.4 is 5.32 Å². The van der Waals surface area contributed by atoms with Crippen LogP contribution in [0.25, 0.3) is 6.08 Å². The van der Waals surface area contributed by atoms with E-state index in [1.807, 2.05) is 36.4 Å². The van der Waals surface area contributed by atoms with Crippen molar-refractivity contribution in [2.24, 2.45) is 5.92 Å². The van der Waals surface area contributed by atoms with Crippen LogP contribution in [0.15, 0.2) is 36.4 Å². The third-order valence-corrected chi connectivity index (χ3v) is 5.14. The Morgan fingerprint density at radius 1 is 1.08 bits per heavy atom. The van der Waals surface area contributed by atoms with E-state index in [9.17, 15) is 14.4 Å². The molecule has 0 saturated carbocycles. The summed E-state index contributed by atoms with van der Waals surface area (Å²) in [6, 6.07) is 9.31. The van der Waals surface area contributed by atoms with Gasteiger partial charge in [0.15, 0.2) is 0 Å². The first-order valence-corrected chi connectivity index (χ1v) is 9.12. The number of carbonyl (C=O) groups is 3. The minimum absolute atomic E-state index is 0.0167. The van der Waals surface area contributed by atoms with Gasteiger partial charge in [0.1, 0.15) is 6.04 Å². The number of nitrogens with one attached hydrogen (secondary N) is 1. The molecule has 138 valence electrons. The molecule has 2 fully saturated rings. The Bertz CT molecular complexity index is 694. The highest BCUT2D eigenvalue weighted by atomic mass is 16.2. The van der Waals surface area contributed by atoms with Crippen LogP contribution in [0.3, 0.4) is 0 Å². The Balaban J connectivity index is 1.46. The highest BCUT2D eigenvalue weighted by molar-refractivity contribution is 5.92. The third-order valence-electron chi connectivity index (χ3n) is 5.14.